The molecule has 1 aliphatic rings. The van der Waals surface area contributed by atoms with Crippen LogP contribution >= 0.6 is 24.0 Å². The molecule has 1 unspecified atom stereocenters. The quantitative estimate of drug-likeness (QED) is 0.266. The molecule has 2 aromatic carbocycles. The Bertz CT molecular complexity index is 905. The van der Waals surface area contributed by atoms with Crippen molar-refractivity contribution in [1.29, 1.82) is 0 Å². The third-order valence-electron chi connectivity index (χ3n) is 4.83. The number of rotatable bonds is 8. The predicted octanol–water partition coefficient (Wildman–Crippen LogP) is 4.00. The number of halogens is 1. The van der Waals surface area contributed by atoms with Crippen LogP contribution in [-0.2, 0) is 19.5 Å². The molecule has 3 rings (SSSR count). The van der Waals surface area contributed by atoms with E-state index in [1.165, 1.54) is 12.7 Å². The van der Waals surface area contributed by atoms with Gasteiger partial charge in [-0.1, -0.05) is 6.07 Å². The van der Waals surface area contributed by atoms with E-state index in [4.69, 9.17) is 14.2 Å². The zero-order valence-corrected chi connectivity index (χ0v) is 20.9. The Morgan fingerprint density at radius 1 is 1.19 bits per heavy atom. The number of methoxy groups -OCH3 is 1. The third-order valence-corrected chi connectivity index (χ3v) is 4.83. The lowest BCUT2D eigenvalue weighted by Crippen LogP contribution is -2.36. The number of phenols is 1. The maximum Gasteiger partial charge on any atom is 0.191 e. The molecule has 7 nitrogen and oxygen atoms in total. The predicted molar refractivity (Wildman–Crippen MR) is 133 cm³/mol. The van der Waals surface area contributed by atoms with Gasteiger partial charge in [0.1, 0.15) is 17.6 Å². The van der Waals surface area contributed by atoms with Gasteiger partial charge in [0.15, 0.2) is 17.5 Å². The minimum atomic E-state index is 0. The number of nitrogens with zero attached hydrogens (tertiary/aromatic N) is 1. The van der Waals surface area contributed by atoms with E-state index < -0.39 is 0 Å². The summed E-state index contributed by atoms with van der Waals surface area (Å²) in [4.78, 5) is 4.63. The fraction of sp³-hybridized carbons (Fsp3) is 0.435. The molecule has 8 heteroatoms. The van der Waals surface area contributed by atoms with E-state index in [2.05, 4.69) is 34.7 Å². The minimum absolute atomic E-state index is 0. The van der Waals surface area contributed by atoms with Gasteiger partial charge in [0.05, 0.1) is 20.3 Å². The molecular formula is C23H32IN3O4. The van der Waals surface area contributed by atoms with E-state index in [0.717, 1.165) is 35.6 Å². The van der Waals surface area contributed by atoms with Crippen LogP contribution in [0, 0.1) is 0 Å². The number of hydrogen-bond donors (Lipinski definition) is 3. The Morgan fingerprint density at radius 3 is 2.68 bits per heavy atom. The largest absolute Gasteiger partial charge is 0.504 e. The maximum atomic E-state index is 9.96. The molecular weight excluding hydrogens is 509 g/mol. The molecule has 0 fully saturated rings. The lowest BCUT2D eigenvalue weighted by atomic mass is 10.1. The number of hydrogen-bond acceptors (Lipinski definition) is 5. The molecule has 0 radical (unpaired) electrons. The van der Waals surface area contributed by atoms with Gasteiger partial charge in [-0.2, -0.15) is 0 Å². The molecule has 0 bridgehead atoms. The Labute approximate surface area is 201 Å². The van der Waals surface area contributed by atoms with Gasteiger partial charge in [0.25, 0.3) is 0 Å². The molecule has 3 N–H and O–H groups in total. The Kier molecular flexibility index (Phi) is 9.54. The smallest absolute Gasteiger partial charge is 0.191 e. The molecule has 1 aliphatic heterocycles. The van der Waals surface area contributed by atoms with E-state index in [1.54, 1.807) is 12.1 Å². The Morgan fingerprint density at radius 2 is 2.00 bits per heavy atom. The van der Waals surface area contributed by atoms with Crippen molar-refractivity contribution in [3.05, 3.63) is 47.0 Å². The van der Waals surface area contributed by atoms with E-state index in [9.17, 15) is 5.11 Å². The van der Waals surface area contributed by atoms with Crippen LogP contribution in [0.1, 0.15) is 37.5 Å². The summed E-state index contributed by atoms with van der Waals surface area (Å²) in [6.45, 7) is 8.41. The first-order valence-corrected chi connectivity index (χ1v) is 10.4. The molecule has 1 heterocycles. The van der Waals surface area contributed by atoms with Crippen LogP contribution in [0.25, 0.3) is 0 Å². The SMILES string of the molecule is CCNC(=NCc1ccc(OC)c(O)c1)NCc1cc2c(cc1OCC)CC(C)O2.I. The molecule has 31 heavy (non-hydrogen) atoms. The maximum absolute atomic E-state index is 9.96. The number of aliphatic imine (C=N–C) groups is 1. The number of nitrogens with one attached hydrogen (secondary N) is 2. The zero-order valence-electron chi connectivity index (χ0n) is 18.5. The van der Waals surface area contributed by atoms with Gasteiger partial charge in [-0.3, -0.25) is 0 Å². The first kappa shape index (κ1) is 24.9. The highest BCUT2D eigenvalue weighted by Crippen LogP contribution is 2.35. The molecule has 0 aliphatic carbocycles. The molecule has 0 saturated heterocycles. The van der Waals surface area contributed by atoms with Gasteiger partial charge >= 0.3 is 0 Å². The monoisotopic (exact) mass is 541 g/mol. The highest BCUT2D eigenvalue weighted by atomic mass is 127. The Balaban J connectivity index is 0.00000341. The average molecular weight is 541 g/mol. The molecule has 0 saturated carbocycles. The van der Waals surface area contributed by atoms with Crippen molar-refractivity contribution in [2.45, 2.75) is 46.4 Å². The highest BCUT2D eigenvalue weighted by molar-refractivity contribution is 14.0. The van der Waals surface area contributed by atoms with Crippen LogP contribution in [0.4, 0.5) is 0 Å². The first-order chi connectivity index (χ1) is 14.5. The van der Waals surface area contributed by atoms with Crippen LogP contribution in [0.2, 0.25) is 0 Å². The van der Waals surface area contributed by atoms with Gasteiger partial charge in [-0.05, 0) is 50.6 Å². The number of ether oxygens (including phenoxy) is 3. The summed E-state index contributed by atoms with van der Waals surface area (Å²) >= 11 is 0. The summed E-state index contributed by atoms with van der Waals surface area (Å²) in [5.41, 5.74) is 3.10. The second kappa shape index (κ2) is 11.9. The highest BCUT2D eigenvalue weighted by Gasteiger charge is 2.22. The zero-order chi connectivity index (χ0) is 21.5. The number of aromatic hydroxyl groups is 1. The summed E-state index contributed by atoms with van der Waals surface area (Å²) in [6, 6.07) is 9.43. The fourth-order valence-corrected chi connectivity index (χ4v) is 3.43. The molecule has 1 atom stereocenters. The second-order valence-electron chi connectivity index (χ2n) is 7.19. The van der Waals surface area contributed by atoms with E-state index >= 15 is 0 Å². The summed E-state index contributed by atoms with van der Waals surface area (Å²) in [7, 11) is 1.53. The van der Waals surface area contributed by atoms with Gasteiger partial charge in [0.2, 0.25) is 0 Å². The van der Waals surface area contributed by atoms with Gasteiger partial charge < -0.3 is 30.0 Å². The third kappa shape index (κ3) is 6.56. The standard InChI is InChI=1S/C23H31N3O4.HI/c1-5-24-23(25-13-16-7-8-20(28-4)19(27)10-16)26-14-18-12-22-17(9-15(3)30-22)11-21(18)29-6-2;/h7-8,10-12,15,27H,5-6,9,13-14H2,1-4H3,(H2,24,25,26);1H. The molecule has 0 spiro atoms. The van der Waals surface area contributed by atoms with Crippen LogP contribution in [0.3, 0.4) is 0 Å². The summed E-state index contributed by atoms with van der Waals surface area (Å²) in [5, 5.41) is 16.6. The van der Waals surface area contributed by atoms with Gasteiger partial charge in [-0.15, -0.1) is 24.0 Å². The lowest BCUT2D eigenvalue weighted by molar-refractivity contribution is 0.254. The van der Waals surface area contributed by atoms with Crippen molar-refractivity contribution < 1.29 is 19.3 Å². The fourth-order valence-electron chi connectivity index (χ4n) is 3.43. The summed E-state index contributed by atoms with van der Waals surface area (Å²) in [5.74, 6) is 3.04. The number of guanidine groups is 1. The average Bonchev–Trinajstić information content (AvgIpc) is 3.09. The van der Waals surface area contributed by atoms with Crippen molar-refractivity contribution in [2.75, 3.05) is 20.3 Å². The summed E-state index contributed by atoms with van der Waals surface area (Å²) < 4.78 is 16.9. The van der Waals surface area contributed by atoms with Crippen molar-refractivity contribution in [2.24, 2.45) is 4.99 Å². The van der Waals surface area contributed by atoms with Crippen LogP contribution in [-0.4, -0.2) is 37.4 Å². The first-order valence-electron chi connectivity index (χ1n) is 10.4. The topological polar surface area (TPSA) is 84.3 Å². The molecule has 0 amide bonds. The van der Waals surface area contributed by atoms with E-state index in [0.29, 0.717) is 31.4 Å². The molecule has 170 valence electrons. The van der Waals surface area contributed by atoms with Crippen molar-refractivity contribution in [3.63, 3.8) is 0 Å². The number of phenolic OH excluding ortho intramolecular Hbond substituents is 1. The minimum Gasteiger partial charge on any atom is -0.504 e. The molecule has 0 aromatic heterocycles. The van der Waals surface area contributed by atoms with Crippen LogP contribution in [0.15, 0.2) is 35.3 Å². The van der Waals surface area contributed by atoms with E-state index in [1.807, 2.05) is 19.9 Å². The van der Waals surface area contributed by atoms with Gasteiger partial charge in [-0.25, -0.2) is 4.99 Å². The molecule has 2 aromatic rings. The number of benzene rings is 2. The Hall–Kier alpha value is -2.36. The number of fused-ring (bicyclic) bond motifs is 1. The van der Waals surface area contributed by atoms with Crippen LogP contribution in [0.5, 0.6) is 23.0 Å². The van der Waals surface area contributed by atoms with Crippen molar-refractivity contribution in [3.8, 4) is 23.0 Å². The van der Waals surface area contributed by atoms with E-state index in [-0.39, 0.29) is 35.8 Å². The van der Waals surface area contributed by atoms with Crippen molar-refractivity contribution >= 4 is 29.9 Å². The van der Waals surface area contributed by atoms with Crippen molar-refractivity contribution in [1.82, 2.24) is 10.6 Å². The van der Waals surface area contributed by atoms with Gasteiger partial charge in [0, 0.05) is 30.6 Å². The second-order valence-corrected chi connectivity index (χ2v) is 7.19. The summed E-state index contributed by atoms with van der Waals surface area (Å²) in [6.07, 6.45) is 1.10. The normalized spacial score (nSPS) is 14.8. The lowest BCUT2D eigenvalue weighted by Gasteiger charge is -2.15. The van der Waals surface area contributed by atoms with Crippen LogP contribution < -0.4 is 24.8 Å².